The van der Waals surface area contributed by atoms with Gasteiger partial charge in [0.05, 0.1) is 18.3 Å². The number of anilines is 2. The van der Waals surface area contributed by atoms with Crippen LogP contribution in [-0.2, 0) is 15.8 Å². The molecule has 0 radical (unpaired) electrons. The van der Waals surface area contributed by atoms with Crippen LogP contribution in [0, 0.1) is 0 Å². The summed E-state index contributed by atoms with van der Waals surface area (Å²) in [6.45, 7) is 2.79. The van der Waals surface area contributed by atoms with Crippen LogP contribution in [0.2, 0.25) is 0 Å². The fourth-order valence-corrected chi connectivity index (χ4v) is 2.73. The van der Waals surface area contributed by atoms with Crippen molar-refractivity contribution in [2.75, 3.05) is 24.2 Å². The van der Waals surface area contributed by atoms with Crippen molar-refractivity contribution >= 4 is 29.0 Å². The third kappa shape index (κ3) is 6.15. The lowest BCUT2D eigenvalue weighted by Crippen LogP contribution is -3.14. The molecule has 30 heavy (non-hydrogen) atoms. The minimum absolute atomic E-state index is 0.141. The molecule has 2 aromatic carbocycles. The van der Waals surface area contributed by atoms with Crippen LogP contribution in [0.3, 0.4) is 0 Å². The highest BCUT2D eigenvalue weighted by Gasteiger charge is 2.34. The Morgan fingerprint density at radius 1 is 1.03 bits per heavy atom. The number of nitrogens with one attached hydrogen (secondary N) is 3. The minimum Gasteiger partial charge on any atom is -0.321 e. The Kier molecular flexibility index (Phi) is 7.33. The maximum atomic E-state index is 13.1. The second-order valence-electron chi connectivity index (χ2n) is 6.96. The Bertz CT molecular complexity index is 944. The molecule has 0 saturated heterocycles. The summed E-state index contributed by atoms with van der Waals surface area (Å²) in [5, 5.41) is 4.94. The average molecular weight is 422 g/mol. The molecule has 3 N–H and O–H groups in total. The van der Waals surface area contributed by atoms with Gasteiger partial charge < -0.3 is 15.5 Å². The van der Waals surface area contributed by atoms with Gasteiger partial charge in [0, 0.05) is 11.3 Å². The quantitative estimate of drug-likeness (QED) is 0.600. The topological polar surface area (TPSA) is 79.7 Å². The van der Waals surface area contributed by atoms with Crippen molar-refractivity contribution in [2.24, 2.45) is 0 Å². The van der Waals surface area contributed by atoms with E-state index in [1.165, 1.54) is 25.1 Å². The van der Waals surface area contributed by atoms with E-state index in [0.717, 1.165) is 6.07 Å². The molecule has 2 rings (SSSR count). The smallest absolute Gasteiger partial charge is 0.321 e. The summed E-state index contributed by atoms with van der Waals surface area (Å²) in [7, 11) is 1.59. The number of hydrogen-bond acceptors (Lipinski definition) is 3. The van der Waals surface area contributed by atoms with Gasteiger partial charge >= 0.3 is 6.18 Å². The van der Waals surface area contributed by atoms with Crippen LogP contribution < -0.4 is 15.5 Å². The predicted molar refractivity (Wildman–Crippen MR) is 106 cm³/mol. The largest absolute Gasteiger partial charge is 0.418 e. The highest BCUT2D eigenvalue weighted by Crippen LogP contribution is 2.34. The van der Waals surface area contributed by atoms with E-state index in [4.69, 9.17) is 0 Å². The number of para-hydroxylation sites is 1. The van der Waals surface area contributed by atoms with Crippen molar-refractivity contribution in [3.63, 3.8) is 0 Å². The van der Waals surface area contributed by atoms with Gasteiger partial charge in [-0.25, -0.2) is 0 Å². The van der Waals surface area contributed by atoms with E-state index in [9.17, 15) is 27.6 Å². The first-order valence-corrected chi connectivity index (χ1v) is 9.19. The number of benzene rings is 2. The van der Waals surface area contributed by atoms with Gasteiger partial charge in [-0.2, -0.15) is 13.2 Å². The van der Waals surface area contributed by atoms with E-state index in [0.29, 0.717) is 16.2 Å². The summed E-state index contributed by atoms with van der Waals surface area (Å²) in [6, 6.07) is 10.5. The zero-order valence-corrected chi connectivity index (χ0v) is 16.8. The van der Waals surface area contributed by atoms with Crippen molar-refractivity contribution in [1.29, 1.82) is 0 Å². The van der Waals surface area contributed by atoms with Gasteiger partial charge in [0.25, 0.3) is 11.8 Å². The van der Waals surface area contributed by atoms with Crippen LogP contribution in [0.25, 0.3) is 0 Å². The van der Waals surface area contributed by atoms with Crippen molar-refractivity contribution < 1.29 is 32.5 Å². The normalized spacial score (nSPS) is 13.3. The molecule has 0 spiro atoms. The molecular formula is C21H23F3N3O3+. The lowest BCUT2D eigenvalue weighted by atomic mass is 10.1. The number of amides is 2. The first-order chi connectivity index (χ1) is 14.0. The van der Waals surface area contributed by atoms with Gasteiger partial charge in [-0.1, -0.05) is 24.3 Å². The number of hydrogen-bond donors (Lipinski definition) is 3. The number of carbonyl (C=O) groups is 3. The molecule has 6 nitrogen and oxygen atoms in total. The molecule has 2 atom stereocenters. The second-order valence-corrected chi connectivity index (χ2v) is 6.96. The molecule has 1 unspecified atom stereocenters. The standard InChI is InChI=1S/C21H22F3N3O3/c1-13(20(30)25-16-8-6-7-15(11-16)14(2)28)27(3)12-19(29)26-18-10-5-4-9-17(18)21(22,23)24/h4-11,13H,12H2,1-3H3,(H,25,30)(H,26,29)/p+1/t13-/m0/s1. The summed E-state index contributed by atoms with van der Waals surface area (Å²) < 4.78 is 39.2. The predicted octanol–water partition coefficient (Wildman–Crippen LogP) is 2.39. The Balaban J connectivity index is 1.99. The maximum Gasteiger partial charge on any atom is 0.418 e. The number of rotatable bonds is 7. The molecular weight excluding hydrogens is 399 g/mol. The van der Waals surface area contributed by atoms with Crippen molar-refractivity contribution in [3.05, 3.63) is 59.7 Å². The molecule has 2 aromatic rings. The molecule has 9 heteroatoms. The van der Waals surface area contributed by atoms with E-state index >= 15 is 0 Å². The van der Waals surface area contributed by atoms with Crippen LogP contribution in [0.4, 0.5) is 24.5 Å². The van der Waals surface area contributed by atoms with E-state index in [-0.39, 0.29) is 18.0 Å². The van der Waals surface area contributed by atoms with Gasteiger partial charge in [-0.3, -0.25) is 14.4 Å². The highest BCUT2D eigenvalue weighted by atomic mass is 19.4. The van der Waals surface area contributed by atoms with E-state index in [2.05, 4.69) is 10.6 Å². The first kappa shape index (κ1) is 23.1. The zero-order valence-electron chi connectivity index (χ0n) is 16.8. The van der Waals surface area contributed by atoms with Crippen LogP contribution in [0.15, 0.2) is 48.5 Å². The van der Waals surface area contributed by atoms with Crippen molar-refractivity contribution in [3.8, 4) is 0 Å². The van der Waals surface area contributed by atoms with E-state index < -0.39 is 29.6 Å². The highest BCUT2D eigenvalue weighted by molar-refractivity contribution is 5.98. The molecule has 2 amide bonds. The molecule has 0 aromatic heterocycles. The molecule has 160 valence electrons. The summed E-state index contributed by atoms with van der Waals surface area (Å²) in [5.41, 5.74) is -0.382. The number of Topliss-reactive ketones (excluding diaryl/α,β-unsaturated/α-hetero) is 1. The Morgan fingerprint density at radius 2 is 1.70 bits per heavy atom. The van der Waals surface area contributed by atoms with Crippen LogP contribution in [-0.4, -0.2) is 37.2 Å². The first-order valence-electron chi connectivity index (χ1n) is 9.19. The molecule has 0 bridgehead atoms. The van der Waals surface area contributed by atoms with Gasteiger partial charge in [0.15, 0.2) is 18.4 Å². The number of halogens is 3. The fraction of sp³-hybridized carbons (Fsp3) is 0.286. The fourth-order valence-electron chi connectivity index (χ4n) is 2.73. The summed E-state index contributed by atoms with van der Waals surface area (Å²) in [5.74, 6) is -1.18. The maximum absolute atomic E-state index is 13.1. The van der Waals surface area contributed by atoms with Gasteiger partial charge in [0.2, 0.25) is 0 Å². The lowest BCUT2D eigenvalue weighted by molar-refractivity contribution is -0.885. The SMILES string of the molecule is CC(=O)c1cccc(NC(=O)[C@H](C)[NH+](C)CC(=O)Nc2ccccc2C(F)(F)F)c1. The molecule has 0 aliphatic rings. The minimum atomic E-state index is -4.59. The summed E-state index contributed by atoms with van der Waals surface area (Å²) >= 11 is 0. The second kappa shape index (κ2) is 9.53. The van der Waals surface area contributed by atoms with Crippen LogP contribution in [0.1, 0.15) is 29.8 Å². The average Bonchev–Trinajstić information content (AvgIpc) is 2.66. The Morgan fingerprint density at radius 3 is 2.33 bits per heavy atom. The van der Waals surface area contributed by atoms with Crippen molar-refractivity contribution in [2.45, 2.75) is 26.1 Å². The summed E-state index contributed by atoms with van der Waals surface area (Å²) in [6.07, 6.45) is -4.59. The molecule has 0 fully saturated rings. The number of carbonyl (C=O) groups excluding carboxylic acids is 3. The molecule has 0 saturated carbocycles. The third-order valence-corrected chi connectivity index (χ3v) is 4.62. The molecule has 0 heterocycles. The van der Waals surface area contributed by atoms with Crippen molar-refractivity contribution in [1.82, 2.24) is 0 Å². The van der Waals surface area contributed by atoms with Gasteiger partial charge in [-0.15, -0.1) is 0 Å². The third-order valence-electron chi connectivity index (χ3n) is 4.62. The van der Waals surface area contributed by atoms with Crippen LogP contribution >= 0.6 is 0 Å². The number of quaternary nitrogens is 1. The number of ketones is 1. The van der Waals surface area contributed by atoms with Gasteiger partial charge in [0.1, 0.15) is 0 Å². The Labute approximate surface area is 172 Å². The monoisotopic (exact) mass is 422 g/mol. The number of likely N-dealkylation sites (N-methyl/N-ethyl adjacent to an activating group) is 1. The van der Waals surface area contributed by atoms with E-state index in [1.807, 2.05) is 0 Å². The van der Waals surface area contributed by atoms with Crippen LogP contribution in [0.5, 0.6) is 0 Å². The zero-order chi connectivity index (χ0) is 22.5. The van der Waals surface area contributed by atoms with Gasteiger partial charge in [-0.05, 0) is 38.1 Å². The Hall–Kier alpha value is -3.20. The summed E-state index contributed by atoms with van der Waals surface area (Å²) in [4.78, 5) is 36.6. The molecule has 0 aliphatic heterocycles. The lowest BCUT2D eigenvalue weighted by Gasteiger charge is -2.21. The van der Waals surface area contributed by atoms with E-state index in [1.54, 1.807) is 38.2 Å². The number of alkyl halides is 3. The molecule has 0 aliphatic carbocycles.